The highest BCUT2D eigenvalue weighted by Gasteiger charge is 2.33. The van der Waals surface area contributed by atoms with Gasteiger partial charge in [0.05, 0.1) is 41.0 Å². The lowest BCUT2D eigenvalue weighted by Gasteiger charge is -2.46. The van der Waals surface area contributed by atoms with Crippen molar-refractivity contribution in [3.63, 3.8) is 0 Å². The maximum absolute atomic E-state index is 12.1. The van der Waals surface area contributed by atoms with E-state index in [1.807, 2.05) is 42.5 Å². The van der Waals surface area contributed by atoms with Gasteiger partial charge in [0.2, 0.25) is 0 Å². The Kier molecular flexibility index (Phi) is 7.94. The molecule has 0 saturated carbocycles. The Balaban J connectivity index is 1.67. The van der Waals surface area contributed by atoms with Crippen molar-refractivity contribution in [3.05, 3.63) is 99.0 Å². The first-order valence-corrected chi connectivity index (χ1v) is 12.1. The molecule has 1 amide bonds. The number of nitrogens with one attached hydrogen (secondary N) is 1. The normalized spacial score (nSPS) is 17.0. The van der Waals surface area contributed by atoms with Crippen molar-refractivity contribution in [3.8, 4) is 6.07 Å². The summed E-state index contributed by atoms with van der Waals surface area (Å²) in [5, 5.41) is 23.2. The minimum atomic E-state index is -0.203. The molecule has 4 rings (SSSR count). The lowest BCUT2D eigenvalue weighted by Crippen LogP contribution is -2.50. The molecule has 1 aliphatic heterocycles. The topological polar surface area (TPSA) is 79.6 Å². The van der Waals surface area contributed by atoms with E-state index in [2.05, 4.69) is 21.2 Å². The maximum atomic E-state index is 12.1. The fourth-order valence-electron chi connectivity index (χ4n) is 4.58. The van der Waals surface area contributed by atoms with Crippen LogP contribution >= 0.6 is 23.2 Å². The van der Waals surface area contributed by atoms with Crippen LogP contribution in [0.2, 0.25) is 10.0 Å². The molecule has 1 heterocycles. The highest BCUT2D eigenvalue weighted by Crippen LogP contribution is 2.38. The van der Waals surface area contributed by atoms with Gasteiger partial charge in [-0.05, 0) is 53.6 Å². The van der Waals surface area contributed by atoms with Crippen LogP contribution in [0.5, 0.6) is 0 Å². The molecular formula is C27H26Cl2N4O2. The molecule has 8 heteroatoms. The van der Waals surface area contributed by atoms with Crippen molar-refractivity contribution >= 4 is 34.8 Å². The Morgan fingerprint density at radius 1 is 1.11 bits per heavy atom. The molecule has 0 aliphatic carbocycles. The zero-order valence-corrected chi connectivity index (χ0v) is 20.8. The van der Waals surface area contributed by atoms with Crippen molar-refractivity contribution in [2.45, 2.75) is 12.1 Å². The number of carbonyl (C=O) groups excluding carboxylic acids is 1. The molecule has 180 valence electrons. The Bertz CT molecular complexity index is 1230. The van der Waals surface area contributed by atoms with Gasteiger partial charge in [-0.3, -0.25) is 9.69 Å². The van der Waals surface area contributed by atoms with Crippen LogP contribution in [0.1, 0.15) is 39.1 Å². The SMILES string of the molecule is CNC(=O)c1ccc(N2CCN([C@H](CO)c3ccc(C#N)cc3)C[C@H]2c2ccc(Cl)cc2)c(Cl)c1. The molecule has 0 unspecified atom stereocenters. The lowest BCUT2D eigenvalue weighted by molar-refractivity contribution is 0.0963. The summed E-state index contributed by atoms with van der Waals surface area (Å²) in [4.78, 5) is 16.5. The van der Waals surface area contributed by atoms with Gasteiger partial charge in [0.15, 0.2) is 0 Å². The van der Waals surface area contributed by atoms with Crippen LogP contribution in [0, 0.1) is 11.3 Å². The maximum Gasteiger partial charge on any atom is 0.251 e. The summed E-state index contributed by atoms with van der Waals surface area (Å²) in [5.41, 5.74) is 3.97. The van der Waals surface area contributed by atoms with Crippen LogP contribution in [0.3, 0.4) is 0 Å². The third-order valence-electron chi connectivity index (χ3n) is 6.45. The number of piperazine rings is 1. The van der Waals surface area contributed by atoms with E-state index in [0.717, 1.165) is 16.8 Å². The summed E-state index contributed by atoms with van der Waals surface area (Å²) >= 11 is 12.8. The second kappa shape index (κ2) is 11.1. The number of nitrogens with zero attached hydrogens (tertiary/aromatic N) is 3. The number of hydrogen-bond acceptors (Lipinski definition) is 5. The Morgan fingerprint density at radius 2 is 1.83 bits per heavy atom. The molecule has 0 radical (unpaired) electrons. The van der Waals surface area contributed by atoms with Crippen LogP contribution in [0.25, 0.3) is 0 Å². The van der Waals surface area contributed by atoms with E-state index in [4.69, 9.17) is 28.5 Å². The zero-order valence-electron chi connectivity index (χ0n) is 19.3. The predicted molar refractivity (Wildman–Crippen MR) is 139 cm³/mol. The van der Waals surface area contributed by atoms with E-state index in [9.17, 15) is 9.90 Å². The predicted octanol–water partition coefficient (Wildman–Crippen LogP) is 4.82. The van der Waals surface area contributed by atoms with Gasteiger partial charge in [0.25, 0.3) is 5.91 Å². The van der Waals surface area contributed by atoms with E-state index in [0.29, 0.717) is 40.8 Å². The molecule has 6 nitrogen and oxygen atoms in total. The number of halogens is 2. The van der Waals surface area contributed by atoms with E-state index < -0.39 is 0 Å². The molecule has 0 aromatic heterocycles. The van der Waals surface area contributed by atoms with Gasteiger partial charge in [-0.2, -0.15) is 5.26 Å². The second-order valence-electron chi connectivity index (χ2n) is 8.43. The van der Waals surface area contributed by atoms with E-state index in [1.165, 1.54) is 0 Å². The molecule has 3 aromatic carbocycles. The molecular weight excluding hydrogens is 483 g/mol. The van der Waals surface area contributed by atoms with Gasteiger partial charge in [-0.15, -0.1) is 0 Å². The van der Waals surface area contributed by atoms with Gasteiger partial charge in [0.1, 0.15) is 0 Å². The summed E-state index contributed by atoms with van der Waals surface area (Å²) < 4.78 is 0. The first kappa shape index (κ1) is 25.0. The van der Waals surface area contributed by atoms with Crippen molar-refractivity contribution in [1.82, 2.24) is 10.2 Å². The third-order valence-corrected chi connectivity index (χ3v) is 7.01. The molecule has 35 heavy (non-hydrogen) atoms. The lowest BCUT2D eigenvalue weighted by atomic mass is 9.97. The van der Waals surface area contributed by atoms with E-state index in [-0.39, 0.29) is 24.6 Å². The molecule has 2 atom stereocenters. The number of rotatable bonds is 6. The van der Waals surface area contributed by atoms with E-state index >= 15 is 0 Å². The molecule has 3 aromatic rings. The van der Waals surface area contributed by atoms with Crippen molar-refractivity contribution in [2.24, 2.45) is 0 Å². The number of benzene rings is 3. The van der Waals surface area contributed by atoms with Gasteiger partial charge in [-0.1, -0.05) is 47.5 Å². The quantitative estimate of drug-likeness (QED) is 0.498. The Hall–Kier alpha value is -3.08. The number of amides is 1. The first-order chi connectivity index (χ1) is 16.9. The minimum Gasteiger partial charge on any atom is -0.394 e. The molecule has 2 N–H and O–H groups in total. The number of aliphatic hydroxyl groups excluding tert-OH is 1. The molecule has 1 fully saturated rings. The molecule has 0 bridgehead atoms. The fourth-order valence-corrected chi connectivity index (χ4v) is 5.00. The highest BCUT2D eigenvalue weighted by molar-refractivity contribution is 6.33. The summed E-state index contributed by atoms with van der Waals surface area (Å²) in [7, 11) is 1.59. The fraction of sp³-hybridized carbons (Fsp3) is 0.259. The average molecular weight is 509 g/mol. The van der Waals surface area contributed by atoms with Crippen LogP contribution < -0.4 is 10.2 Å². The van der Waals surface area contributed by atoms with Crippen molar-refractivity contribution < 1.29 is 9.90 Å². The van der Waals surface area contributed by atoms with Crippen LogP contribution in [0.4, 0.5) is 5.69 Å². The number of anilines is 1. The summed E-state index contributed by atoms with van der Waals surface area (Å²) in [5.74, 6) is -0.189. The number of aliphatic hydroxyl groups is 1. The zero-order chi connectivity index (χ0) is 24.9. The molecule has 1 aliphatic rings. The summed E-state index contributed by atoms with van der Waals surface area (Å²) in [6.07, 6.45) is 0. The summed E-state index contributed by atoms with van der Waals surface area (Å²) in [6.45, 7) is 1.96. The Labute approximate surface area is 215 Å². The number of carbonyl (C=O) groups is 1. The minimum absolute atomic E-state index is 0.0409. The standard InChI is InChI=1S/C27H26Cl2N4O2/c1-31-27(35)21-8-11-24(23(29)14-21)33-13-12-32(16-25(33)19-6-9-22(28)10-7-19)26(17-34)20-4-2-18(15-30)3-5-20/h2-11,14,25-26,34H,12-13,16-17H2,1H3,(H,31,35)/t25-,26+/m0/s1. The monoisotopic (exact) mass is 508 g/mol. The Morgan fingerprint density at radius 3 is 2.43 bits per heavy atom. The second-order valence-corrected chi connectivity index (χ2v) is 9.28. The number of nitriles is 1. The van der Waals surface area contributed by atoms with Gasteiger partial charge < -0.3 is 15.3 Å². The highest BCUT2D eigenvalue weighted by atomic mass is 35.5. The van der Waals surface area contributed by atoms with E-state index in [1.54, 1.807) is 31.3 Å². The molecule has 0 spiro atoms. The largest absolute Gasteiger partial charge is 0.394 e. The smallest absolute Gasteiger partial charge is 0.251 e. The van der Waals surface area contributed by atoms with Crippen molar-refractivity contribution in [2.75, 3.05) is 38.2 Å². The summed E-state index contributed by atoms with van der Waals surface area (Å²) in [6, 6.07) is 22.3. The van der Waals surface area contributed by atoms with Crippen LogP contribution in [-0.4, -0.2) is 49.2 Å². The number of hydrogen-bond donors (Lipinski definition) is 2. The van der Waals surface area contributed by atoms with Crippen molar-refractivity contribution in [1.29, 1.82) is 5.26 Å². The van der Waals surface area contributed by atoms with Gasteiger partial charge in [0, 0.05) is 37.3 Å². The average Bonchev–Trinajstić information content (AvgIpc) is 2.89. The van der Waals surface area contributed by atoms with Gasteiger partial charge in [-0.25, -0.2) is 0 Å². The van der Waals surface area contributed by atoms with Crippen LogP contribution in [-0.2, 0) is 0 Å². The van der Waals surface area contributed by atoms with Crippen LogP contribution in [0.15, 0.2) is 66.7 Å². The molecule has 1 saturated heterocycles. The first-order valence-electron chi connectivity index (χ1n) is 11.3. The third kappa shape index (κ3) is 5.44. The van der Waals surface area contributed by atoms with Gasteiger partial charge >= 0.3 is 0 Å².